The van der Waals surface area contributed by atoms with E-state index < -0.39 is 41.9 Å². The molecule has 0 fully saturated rings. The number of carbonyl (C=O) groups excluding carboxylic acids is 3. The van der Waals surface area contributed by atoms with Crippen LogP contribution in [0.2, 0.25) is 5.02 Å². The molecule has 132 valence electrons. The smallest absolute Gasteiger partial charge is 0.343 e. The predicted molar refractivity (Wildman–Crippen MR) is 85.1 cm³/mol. The number of methoxy groups -OCH3 is 1. The average Bonchev–Trinajstić information content (AvgIpc) is 2.56. The first-order valence-electron chi connectivity index (χ1n) is 7.30. The van der Waals surface area contributed by atoms with Crippen LogP contribution in [-0.4, -0.2) is 37.6 Å². The second-order valence-corrected chi connectivity index (χ2v) is 5.53. The number of hydrogen-bond donors (Lipinski definition) is 1. The Morgan fingerprint density at radius 2 is 2.00 bits per heavy atom. The average molecular weight is 360 g/mol. The second-order valence-electron chi connectivity index (χ2n) is 5.13. The highest BCUT2D eigenvalue weighted by Crippen LogP contribution is 2.19. The quantitative estimate of drug-likeness (QED) is 0.756. The summed E-state index contributed by atoms with van der Waals surface area (Å²) in [5.41, 5.74) is -0.446. The van der Waals surface area contributed by atoms with Gasteiger partial charge in [0.1, 0.15) is 17.4 Å². The molecule has 0 radical (unpaired) electrons. The topological polar surface area (TPSA) is 81.7 Å². The van der Waals surface area contributed by atoms with Gasteiger partial charge in [-0.25, -0.2) is 14.0 Å². The number of benzene rings is 1. The molecule has 1 rings (SSSR count). The fourth-order valence-electron chi connectivity index (χ4n) is 1.91. The van der Waals surface area contributed by atoms with Crippen molar-refractivity contribution in [1.82, 2.24) is 5.32 Å². The van der Waals surface area contributed by atoms with Crippen LogP contribution in [0, 0.1) is 11.7 Å². The van der Waals surface area contributed by atoms with Crippen LogP contribution in [0.4, 0.5) is 4.39 Å². The standard InChI is InChI=1S/C16H19ClFNO5/c1-4-9(2)14(16(22)23-3)19-12(20)8-24-15(21)13-10(17)6-5-7-11(13)18/h5-7,9,14H,4,8H2,1-3H3,(H,19,20)/t9-,14-/m0/s1. The molecule has 24 heavy (non-hydrogen) atoms. The third-order valence-corrected chi connectivity index (χ3v) is 3.80. The molecule has 6 nitrogen and oxygen atoms in total. The maximum Gasteiger partial charge on any atom is 0.343 e. The zero-order valence-corrected chi connectivity index (χ0v) is 14.4. The number of nitrogens with one attached hydrogen (secondary N) is 1. The molecule has 1 aromatic rings. The van der Waals surface area contributed by atoms with Crippen molar-refractivity contribution in [2.45, 2.75) is 26.3 Å². The first kappa shape index (κ1) is 19.9. The van der Waals surface area contributed by atoms with Gasteiger partial charge in [0.15, 0.2) is 6.61 Å². The predicted octanol–water partition coefficient (Wildman–Crippen LogP) is 2.34. The molecule has 0 saturated carbocycles. The Balaban J connectivity index is 2.68. The molecule has 0 bridgehead atoms. The number of carbonyl (C=O) groups is 3. The number of rotatable bonds is 7. The van der Waals surface area contributed by atoms with E-state index >= 15 is 0 Å². The third kappa shape index (κ3) is 5.19. The van der Waals surface area contributed by atoms with Crippen molar-refractivity contribution in [3.8, 4) is 0 Å². The molecule has 1 aromatic carbocycles. The number of hydrogen-bond acceptors (Lipinski definition) is 5. The van der Waals surface area contributed by atoms with Gasteiger partial charge in [-0.05, 0) is 18.1 Å². The van der Waals surface area contributed by atoms with Gasteiger partial charge in [-0.15, -0.1) is 0 Å². The Kier molecular flexibility index (Phi) is 7.64. The van der Waals surface area contributed by atoms with Crippen LogP contribution in [0.1, 0.15) is 30.6 Å². The van der Waals surface area contributed by atoms with E-state index in [-0.39, 0.29) is 10.9 Å². The summed E-state index contributed by atoms with van der Waals surface area (Å²) in [5, 5.41) is 2.32. The lowest BCUT2D eigenvalue weighted by Crippen LogP contribution is -2.47. The Bertz CT molecular complexity index is 602. The minimum atomic E-state index is -1.06. The number of amides is 1. The van der Waals surface area contributed by atoms with E-state index in [1.807, 2.05) is 6.92 Å². The molecule has 2 atom stereocenters. The lowest BCUT2D eigenvalue weighted by atomic mass is 9.99. The van der Waals surface area contributed by atoms with Crippen molar-refractivity contribution in [1.29, 1.82) is 0 Å². The van der Waals surface area contributed by atoms with E-state index in [1.54, 1.807) is 6.92 Å². The van der Waals surface area contributed by atoms with E-state index in [2.05, 4.69) is 10.1 Å². The summed E-state index contributed by atoms with van der Waals surface area (Å²) in [4.78, 5) is 35.4. The first-order chi connectivity index (χ1) is 11.3. The fourth-order valence-corrected chi connectivity index (χ4v) is 2.15. The largest absolute Gasteiger partial charge is 0.467 e. The van der Waals surface area contributed by atoms with Crippen molar-refractivity contribution in [3.05, 3.63) is 34.6 Å². The van der Waals surface area contributed by atoms with Crippen molar-refractivity contribution in [2.24, 2.45) is 5.92 Å². The lowest BCUT2D eigenvalue weighted by Gasteiger charge is -2.21. The van der Waals surface area contributed by atoms with E-state index in [9.17, 15) is 18.8 Å². The molecule has 0 saturated heterocycles. The number of esters is 2. The minimum Gasteiger partial charge on any atom is -0.467 e. The summed E-state index contributed by atoms with van der Waals surface area (Å²) in [7, 11) is 1.21. The van der Waals surface area contributed by atoms with Gasteiger partial charge in [0.25, 0.3) is 5.91 Å². The van der Waals surface area contributed by atoms with Crippen LogP contribution in [-0.2, 0) is 19.1 Å². The van der Waals surface area contributed by atoms with E-state index in [1.165, 1.54) is 19.2 Å². The first-order valence-corrected chi connectivity index (χ1v) is 7.67. The molecule has 0 heterocycles. The summed E-state index contributed by atoms with van der Waals surface area (Å²) in [6.45, 7) is 2.95. The fraction of sp³-hybridized carbons (Fsp3) is 0.438. The normalized spacial score (nSPS) is 12.9. The molecule has 0 aromatic heterocycles. The Morgan fingerprint density at radius 3 is 2.54 bits per heavy atom. The number of halogens is 2. The summed E-state index contributed by atoms with van der Waals surface area (Å²) in [5.74, 6) is -3.38. The summed E-state index contributed by atoms with van der Waals surface area (Å²) in [6.07, 6.45) is 0.630. The van der Waals surface area contributed by atoms with Crippen LogP contribution in [0.3, 0.4) is 0 Å². The lowest BCUT2D eigenvalue weighted by molar-refractivity contribution is -0.147. The molecule has 0 spiro atoms. The van der Waals surface area contributed by atoms with Crippen LogP contribution in [0.5, 0.6) is 0 Å². The SMILES string of the molecule is CC[C@H](C)[C@H](NC(=O)COC(=O)c1c(F)cccc1Cl)C(=O)OC. The molecule has 1 N–H and O–H groups in total. The second kappa shape index (κ2) is 9.22. The van der Waals surface area contributed by atoms with Crippen molar-refractivity contribution in [3.63, 3.8) is 0 Å². The van der Waals surface area contributed by atoms with E-state index in [0.717, 1.165) is 6.07 Å². The maximum atomic E-state index is 13.6. The molecule has 0 aliphatic rings. The van der Waals surface area contributed by atoms with Crippen LogP contribution in [0.25, 0.3) is 0 Å². The molecule has 1 amide bonds. The van der Waals surface area contributed by atoms with Gasteiger partial charge in [0.05, 0.1) is 12.1 Å². The highest BCUT2D eigenvalue weighted by atomic mass is 35.5. The van der Waals surface area contributed by atoms with Gasteiger partial charge < -0.3 is 14.8 Å². The zero-order chi connectivity index (χ0) is 18.3. The van der Waals surface area contributed by atoms with Crippen LogP contribution in [0.15, 0.2) is 18.2 Å². The molecule has 0 unspecified atom stereocenters. The van der Waals surface area contributed by atoms with Gasteiger partial charge in [-0.1, -0.05) is 37.9 Å². The maximum absolute atomic E-state index is 13.6. The summed E-state index contributed by atoms with van der Waals surface area (Å²) < 4.78 is 23.0. The molecular weight excluding hydrogens is 341 g/mol. The van der Waals surface area contributed by atoms with Crippen LogP contribution < -0.4 is 5.32 Å². The van der Waals surface area contributed by atoms with Crippen LogP contribution >= 0.6 is 11.6 Å². The van der Waals surface area contributed by atoms with E-state index in [4.69, 9.17) is 16.3 Å². The van der Waals surface area contributed by atoms with Gasteiger partial charge in [0, 0.05) is 0 Å². The molecule has 8 heteroatoms. The van der Waals surface area contributed by atoms with Gasteiger partial charge in [-0.3, -0.25) is 4.79 Å². The molecular formula is C16H19ClFNO5. The Hall–Kier alpha value is -2.15. The summed E-state index contributed by atoms with van der Waals surface area (Å²) in [6, 6.07) is 2.87. The van der Waals surface area contributed by atoms with Crippen molar-refractivity contribution < 1.29 is 28.2 Å². The third-order valence-electron chi connectivity index (χ3n) is 3.49. The number of ether oxygens (including phenoxy) is 2. The molecule has 0 aliphatic carbocycles. The highest BCUT2D eigenvalue weighted by molar-refractivity contribution is 6.33. The highest BCUT2D eigenvalue weighted by Gasteiger charge is 2.27. The van der Waals surface area contributed by atoms with Crippen molar-refractivity contribution in [2.75, 3.05) is 13.7 Å². The zero-order valence-electron chi connectivity index (χ0n) is 13.6. The van der Waals surface area contributed by atoms with Gasteiger partial charge >= 0.3 is 11.9 Å². The van der Waals surface area contributed by atoms with Gasteiger partial charge in [0.2, 0.25) is 0 Å². The van der Waals surface area contributed by atoms with Crippen molar-refractivity contribution >= 4 is 29.4 Å². The minimum absolute atomic E-state index is 0.118. The van der Waals surface area contributed by atoms with E-state index in [0.29, 0.717) is 6.42 Å². The van der Waals surface area contributed by atoms with Gasteiger partial charge in [-0.2, -0.15) is 0 Å². The summed E-state index contributed by atoms with van der Waals surface area (Å²) >= 11 is 5.74. The monoisotopic (exact) mass is 359 g/mol. The molecule has 0 aliphatic heterocycles. The Labute approximate surface area is 144 Å². The Morgan fingerprint density at radius 1 is 1.33 bits per heavy atom.